The summed E-state index contributed by atoms with van der Waals surface area (Å²) >= 11 is 0. The molecule has 1 atom stereocenters. The van der Waals surface area contributed by atoms with Crippen LogP contribution in [-0.4, -0.2) is 59.0 Å². The van der Waals surface area contributed by atoms with Crippen LogP contribution in [0.2, 0.25) is 0 Å². The van der Waals surface area contributed by atoms with E-state index in [1.807, 2.05) is 0 Å². The van der Waals surface area contributed by atoms with Crippen LogP contribution in [0.1, 0.15) is 16.8 Å². The van der Waals surface area contributed by atoms with Crippen LogP contribution in [0.5, 0.6) is 0 Å². The van der Waals surface area contributed by atoms with Crippen molar-refractivity contribution in [2.45, 2.75) is 26.4 Å². The number of nitrogens with two attached hydrogens (primary N) is 1. The van der Waals surface area contributed by atoms with Crippen molar-refractivity contribution >= 4 is 5.69 Å². The first kappa shape index (κ1) is 15.8. The van der Waals surface area contributed by atoms with Gasteiger partial charge in [0.15, 0.2) is 0 Å². The Morgan fingerprint density at radius 2 is 2.19 bits per heavy atom. The van der Waals surface area contributed by atoms with E-state index >= 15 is 0 Å². The fourth-order valence-electron chi connectivity index (χ4n) is 2.88. The van der Waals surface area contributed by atoms with Crippen molar-refractivity contribution in [3.05, 3.63) is 33.1 Å². The molecule has 0 saturated carbocycles. The summed E-state index contributed by atoms with van der Waals surface area (Å²) in [6.45, 7) is 7.50. The van der Waals surface area contributed by atoms with E-state index in [9.17, 15) is 10.1 Å². The summed E-state index contributed by atoms with van der Waals surface area (Å²) in [5.74, 6) is 0. The molecule has 0 radical (unpaired) electrons. The van der Waals surface area contributed by atoms with Crippen molar-refractivity contribution in [2.24, 2.45) is 5.73 Å². The molecule has 0 bridgehead atoms. The van der Waals surface area contributed by atoms with Crippen molar-refractivity contribution in [3.8, 4) is 0 Å². The molecule has 1 fully saturated rings. The molecule has 7 nitrogen and oxygen atoms in total. The minimum Gasteiger partial charge on any atom is -0.329 e. The maximum absolute atomic E-state index is 11.2. The number of piperazine rings is 1. The zero-order chi connectivity index (χ0) is 15.6. The summed E-state index contributed by atoms with van der Waals surface area (Å²) < 4.78 is 0. The van der Waals surface area contributed by atoms with E-state index in [2.05, 4.69) is 21.8 Å². The van der Waals surface area contributed by atoms with Gasteiger partial charge in [-0.15, -0.1) is 0 Å². The average molecular weight is 293 g/mol. The number of pyridine rings is 1. The summed E-state index contributed by atoms with van der Waals surface area (Å²) in [6.07, 6.45) is 1.59. The van der Waals surface area contributed by atoms with E-state index in [1.54, 1.807) is 20.0 Å². The first-order valence-corrected chi connectivity index (χ1v) is 7.16. The summed E-state index contributed by atoms with van der Waals surface area (Å²) in [5, 5.41) is 11.2. The fourth-order valence-corrected chi connectivity index (χ4v) is 2.88. The van der Waals surface area contributed by atoms with Gasteiger partial charge in [0.1, 0.15) is 0 Å². The highest BCUT2D eigenvalue weighted by Crippen LogP contribution is 2.25. The van der Waals surface area contributed by atoms with Gasteiger partial charge in [-0.1, -0.05) is 0 Å². The minimum absolute atomic E-state index is 0.179. The van der Waals surface area contributed by atoms with E-state index in [1.165, 1.54) is 0 Å². The highest BCUT2D eigenvalue weighted by Gasteiger charge is 2.26. The Morgan fingerprint density at radius 1 is 1.48 bits per heavy atom. The van der Waals surface area contributed by atoms with E-state index in [4.69, 9.17) is 5.73 Å². The third-order valence-corrected chi connectivity index (χ3v) is 4.19. The standard InChI is InChI=1S/C14H23N5O2/c1-10-7-16-13(11(2)14(10)19(20)21)9-18-5-4-17(3)8-12(18)6-15/h7,12H,4-6,8-9,15H2,1-3H3. The molecule has 2 rings (SSSR count). The second-order valence-electron chi connectivity index (χ2n) is 5.74. The molecule has 1 aromatic heterocycles. The quantitative estimate of drug-likeness (QED) is 0.649. The van der Waals surface area contributed by atoms with E-state index in [-0.39, 0.29) is 16.7 Å². The number of nitrogens with zero attached hydrogens (tertiary/aromatic N) is 4. The Balaban J connectivity index is 2.23. The fraction of sp³-hybridized carbons (Fsp3) is 0.643. The van der Waals surface area contributed by atoms with Gasteiger partial charge in [-0.3, -0.25) is 20.0 Å². The van der Waals surface area contributed by atoms with Crippen molar-refractivity contribution in [3.63, 3.8) is 0 Å². The number of hydrogen-bond acceptors (Lipinski definition) is 6. The Labute approximate surface area is 124 Å². The summed E-state index contributed by atoms with van der Waals surface area (Å²) in [6, 6.07) is 0.269. The number of nitro groups is 1. The van der Waals surface area contributed by atoms with Gasteiger partial charge in [0.2, 0.25) is 0 Å². The molecular formula is C14H23N5O2. The highest BCUT2D eigenvalue weighted by molar-refractivity contribution is 5.47. The lowest BCUT2D eigenvalue weighted by Crippen LogP contribution is -2.54. The Bertz CT molecular complexity index is 534. The Kier molecular flexibility index (Phi) is 4.87. The Morgan fingerprint density at radius 3 is 2.81 bits per heavy atom. The number of aromatic nitrogens is 1. The molecule has 1 aliphatic rings. The summed E-state index contributed by atoms with van der Waals surface area (Å²) in [4.78, 5) is 19.8. The Hall–Kier alpha value is -1.57. The maximum atomic E-state index is 11.2. The molecule has 2 heterocycles. The van der Waals surface area contributed by atoms with E-state index in [0.717, 1.165) is 25.3 Å². The second-order valence-corrected chi connectivity index (χ2v) is 5.74. The van der Waals surface area contributed by atoms with Crippen LogP contribution in [0.3, 0.4) is 0 Å². The van der Waals surface area contributed by atoms with Crippen LogP contribution in [0.15, 0.2) is 6.20 Å². The van der Waals surface area contributed by atoms with Gasteiger partial charge < -0.3 is 10.6 Å². The third kappa shape index (κ3) is 3.37. The lowest BCUT2D eigenvalue weighted by molar-refractivity contribution is -0.386. The zero-order valence-electron chi connectivity index (χ0n) is 12.9. The molecule has 0 aliphatic carbocycles. The van der Waals surface area contributed by atoms with Crippen molar-refractivity contribution in [1.82, 2.24) is 14.8 Å². The van der Waals surface area contributed by atoms with Gasteiger partial charge in [-0.25, -0.2) is 0 Å². The molecule has 21 heavy (non-hydrogen) atoms. The predicted molar refractivity (Wildman–Crippen MR) is 81.1 cm³/mol. The van der Waals surface area contributed by atoms with Crippen LogP contribution >= 0.6 is 0 Å². The normalized spacial score (nSPS) is 20.7. The zero-order valence-corrected chi connectivity index (χ0v) is 12.9. The van der Waals surface area contributed by atoms with Gasteiger partial charge in [-0.2, -0.15) is 0 Å². The van der Waals surface area contributed by atoms with Crippen LogP contribution < -0.4 is 5.73 Å². The van der Waals surface area contributed by atoms with Crippen molar-refractivity contribution in [1.29, 1.82) is 0 Å². The first-order chi connectivity index (χ1) is 9.93. The molecular weight excluding hydrogens is 270 g/mol. The predicted octanol–water partition coefficient (Wildman–Crippen LogP) is 0.681. The van der Waals surface area contributed by atoms with Crippen LogP contribution in [0, 0.1) is 24.0 Å². The van der Waals surface area contributed by atoms with Gasteiger partial charge in [-0.05, 0) is 20.9 Å². The molecule has 116 valence electrons. The average Bonchev–Trinajstić information content (AvgIpc) is 2.43. The van der Waals surface area contributed by atoms with Gasteiger partial charge >= 0.3 is 0 Å². The molecule has 1 aromatic rings. The molecule has 1 saturated heterocycles. The van der Waals surface area contributed by atoms with Crippen molar-refractivity contribution in [2.75, 3.05) is 33.2 Å². The number of rotatable bonds is 4. The van der Waals surface area contributed by atoms with E-state index in [0.29, 0.717) is 24.2 Å². The van der Waals surface area contributed by atoms with Crippen LogP contribution in [0.25, 0.3) is 0 Å². The summed E-state index contributed by atoms with van der Waals surface area (Å²) in [7, 11) is 2.08. The monoisotopic (exact) mass is 293 g/mol. The van der Waals surface area contributed by atoms with Crippen LogP contribution in [-0.2, 0) is 6.54 Å². The van der Waals surface area contributed by atoms with Gasteiger partial charge in [0.05, 0.1) is 10.6 Å². The van der Waals surface area contributed by atoms with E-state index < -0.39 is 0 Å². The SMILES string of the molecule is Cc1cnc(CN2CCN(C)CC2CN)c(C)c1[N+](=O)[O-]. The number of likely N-dealkylation sites (N-methyl/N-ethyl adjacent to an activating group) is 1. The highest BCUT2D eigenvalue weighted by atomic mass is 16.6. The lowest BCUT2D eigenvalue weighted by atomic mass is 10.1. The molecule has 1 unspecified atom stereocenters. The molecule has 0 spiro atoms. The lowest BCUT2D eigenvalue weighted by Gasteiger charge is -2.39. The molecule has 1 aliphatic heterocycles. The van der Waals surface area contributed by atoms with Gasteiger partial charge in [0.25, 0.3) is 5.69 Å². The molecule has 0 amide bonds. The molecule has 2 N–H and O–H groups in total. The van der Waals surface area contributed by atoms with Crippen molar-refractivity contribution < 1.29 is 4.92 Å². The minimum atomic E-state index is -0.319. The number of aryl methyl sites for hydroxylation is 1. The molecule has 0 aromatic carbocycles. The van der Waals surface area contributed by atoms with Crippen LogP contribution in [0.4, 0.5) is 5.69 Å². The maximum Gasteiger partial charge on any atom is 0.278 e. The van der Waals surface area contributed by atoms with Gasteiger partial charge in [0, 0.05) is 56.1 Å². The molecule has 7 heteroatoms. The smallest absolute Gasteiger partial charge is 0.278 e. The topological polar surface area (TPSA) is 88.5 Å². The third-order valence-electron chi connectivity index (χ3n) is 4.19. The summed E-state index contributed by atoms with van der Waals surface area (Å²) in [5.41, 5.74) is 8.07. The largest absolute Gasteiger partial charge is 0.329 e. The first-order valence-electron chi connectivity index (χ1n) is 7.16. The second kappa shape index (κ2) is 6.46. The number of hydrogen-bond donors (Lipinski definition) is 1.